The second-order valence-corrected chi connectivity index (χ2v) is 5.70. The summed E-state index contributed by atoms with van der Waals surface area (Å²) in [6, 6.07) is 14.6. The Hall–Kier alpha value is -2.90. The van der Waals surface area contributed by atoms with Gasteiger partial charge in [-0.3, -0.25) is 4.79 Å². The van der Waals surface area contributed by atoms with Crippen molar-refractivity contribution < 1.29 is 14.3 Å². The number of carbonyl (C=O) groups excluding carboxylic acids is 1. The van der Waals surface area contributed by atoms with Gasteiger partial charge in [0.15, 0.2) is 6.61 Å². The summed E-state index contributed by atoms with van der Waals surface area (Å²) in [5.41, 5.74) is 1.07. The fourth-order valence-electron chi connectivity index (χ4n) is 2.07. The van der Waals surface area contributed by atoms with E-state index in [1.54, 1.807) is 24.3 Å². The fourth-order valence-corrected chi connectivity index (χ4v) is 2.20. The van der Waals surface area contributed by atoms with Gasteiger partial charge in [0.2, 0.25) is 0 Å². The SMILES string of the molecule is C=CCc1ccccc1OCC#CCNC(=O)COc1ccc(Cl)cc1. The van der Waals surface area contributed by atoms with Crippen molar-refractivity contribution in [3.63, 3.8) is 0 Å². The first kappa shape index (κ1) is 19.4. The first-order chi connectivity index (χ1) is 12.7. The topological polar surface area (TPSA) is 47.6 Å². The molecule has 2 rings (SSSR count). The van der Waals surface area contributed by atoms with E-state index in [1.807, 2.05) is 30.3 Å². The summed E-state index contributed by atoms with van der Waals surface area (Å²) < 4.78 is 11.0. The molecule has 1 amide bonds. The predicted octanol–water partition coefficient (Wildman–Crippen LogP) is 3.65. The largest absolute Gasteiger partial charge is 0.484 e. The van der Waals surface area contributed by atoms with Crippen LogP contribution in [0.25, 0.3) is 0 Å². The average molecular weight is 370 g/mol. The molecule has 0 aliphatic carbocycles. The summed E-state index contributed by atoms with van der Waals surface area (Å²) in [6.45, 7) is 4.15. The minimum absolute atomic E-state index is 0.0747. The maximum Gasteiger partial charge on any atom is 0.258 e. The molecule has 26 heavy (non-hydrogen) atoms. The maximum absolute atomic E-state index is 11.7. The standard InChI is InChI=1S/C21H20ClNO3/c1-2-7-17-8-3-4-9-20(17)25-15-6-5-14-23-21(24)16-26-19-12-10-18(22)11-13-19/h2-4,8-13H,1,7,14-16H2,(H,23,24). The molecular weight excluding hydrogens is 350 g/mol. The van der Waals surface area contributed by atoms with Crippen molar-refractivity contribution in [2.24, 2.45) is 0 Å². The Bertz CT molecular complexity index is 791. The zero-order chi connectivity index (χ0) is 18.6. The molecule has 0 unspecified atom stereocenters. The molecule has 0 radical (unpaired) electrons. The van der Waals surface area contributed by atoms with Gasteiger partial charge in [0.1, 0.15) is 18.1 Å². The van der Waals surface area contributed by atoms with E-state index >= 15 is 0 Å². The molecule has 2 aromatic carbocycles. The third-order valence-corrected chi connectivity index (χ3v) is 3.57. The molecule has 2 aromatic rings. The number of carbonyl (C=O) groups is 1. The van der Waals surface area contributed by atoms with Crippen LogP contribution < -0.4 is 14.8 Å². The molecule has 0 spiro atoms. The molecule has 0 saturated carbocycles. The maximum atomic E-state index is 11.7. The molecular formula is C21H20ClNO3. The Morgan fingerprint density at radius 2 is 1.88 bits per heavy atom. The molecule has 0 bridgehead atoms. The van der Waals surface area contributed by atoms with Crippen LogP contribution in [0, 0.1) is 11.8 Å². The van der Waals surface area contributed by atoms with E-state index in [4.69, 9.17) is 21.1 Å². The zero-order valence-electron chi connectivity index (χ0n) is 14.3. The first-order valence-corrected chi connectivity index (χ1v) is 8.49. The van der Waals surface area contributed by atoms with Crippen LogP contribution >= 0.6 is 11.6 Å². The van der Waals surface area contributed by atoms with Gasteiger partial charge in [-0.05, 0) is 42.3 Å². The van der Waals surface area contributed by atoms with Crippen LogP contribution in [0.15, 0.2) is 61.2 Å². The van der Waals surface area contributed by atoms with Crippen molar-refractivity contribution in [3.8, 4) is 23.3 Å². The summed E-state index contributed by atoms with van der Waals surface area (Å²) in [5.74, 6) is 6.85. The van der Waals surface area contributed by atoms with Gasteiger partial charge in [0.25, 0.3) is 5.91 Å². The van der Waals surface area contributed by atoms with Crippen LogP contribution in [-0.2, 0) is 11.2 Å². The van der Waals surface area contributed by atoms with E-state index in [0.29, 0.717) is 10.8 Å². The zero-order valence-corrected chi connectivity index (χ0v) is 15.1. The van der Waals surface area contributed by atoms with Gasteiger partial charge in [-0.2, -0.15) is 0 Å². The summed E-state index contributed by atoms with van der Waals surface area (Å²) in [6.07, 6.45) is 2.57. The highest BCUT2D eigenvalue weighted by Gasteiger charge is 2.01. The Balaban J connectivity index is 1.66. The third-order valence-electron chi connectivity index (χ3n) is 3.32. The van der Waals surface area contributed by atoms with E-state index in [9.17, 15) is 4.79 Å². The van der Waals surface area contributed by atoms with Crippen molar-refractivity contribution in [2.45, 2.75) is 6.42 Å². The number of amides is 1. The van der Waals surface area contributed by atoms with Crippen LogP contribution in [0.1, 0.15) is 5.56 Å². The summed E-state index contributed by atoms with van der Waals surface area (Å²) >= 11 is 5.78. The molecule has 0 aromatic heterocycles. The van der Waals surface area contributed by atoms with E-state index in [-0.39, 0.29) is 25.7 Å². The lowest BCUT2D eigenvalue weighted by Crippen LogP contribution is -2.29. The highest BCUT2D eigenvalue weighted by molar-refractivity contribution is 6.30. The molecule has 0 heterocycles. The van der Waals surface area contributed by atoms with Crippen LogP contribution in [0.4, 0.5) is 0 Å². The highest BCUT2D eigenvalue weighted by Crippen LogP contribution is 2.18. The predicted molar refractivity (Wildman–Crippen MR) is 104 cm³/mol. The fraction of sp³-hybridized carbons (Fsp3) is 0.190. The van der Waals surface area contributed by atoms with Crippen molar-refractivity contribution in [1.82, 2.24) is 5.32 Å². The smallest absolute Gasteiger partial charge is 0.258 e. The van der Waals surface area contributed by atoms with Crippen molar-refractivity contribution in [1.29, 1.82) is 0 Å². The molecule has 0 aliphatic rings. The molecule has 134 valence electrons. The quantitative estimate of drug-likeness (QED) is 0.570. The number of nitrogens with one attached hydrogen (secondary N) is 1. The van der Waals surface area contributed by atoms with Gasteiger partial charge >= 0.3 is 0 Å². The lowest BCUT2D eigenvalue weighted by molar-refractivity contribution is -0.122. The number of hydrogen-bond acceptors (Lipinski definition) is 3. The molecule has 0 fully saturated rings. The second-order valence-electron chi connectivity index (χ2n) is 5.26. The number of hydrogen-bond donors (Lipinski definition) is 1. The number of benzene rings is 2. The van der Waals surface area contributed by atoms with Gasteiger partial charge in [-0.25, -0.2) is 0 Å². The molecule has 0 saturated heterocycles. The number of halogens is 1. The minimum atomic E-state index is -0.244. The van der Waals surface area contributed by atoms with E-state index in [1.165, 1.54) is 0 Å². The summed E-state index contributed by atoms with van der Waals surface area (Å²) in [4.78, 5) is 11.7. The third kappa shape index (κ3) is 6.92. The Morgan fingerprint density at radius 1 is 1.12 bits per heavy atom. The summed E-state index contributed by atoms with van der Waals surface area (Å²) in [5, 5.41) is 3.28. The number of para-hydroxylation sites is 1. The Labute approximate surface area is 158 Å². The van der Waals surface area contributed by atoms with Gasteiger partial charge in [-0.1, -0.05) is 47.7 Å². The van der Waals surface area contributed by atoms with Gasteiger partial charge in [0, 0.05) is 5.02 Å². The Morgan fingerprint density at radius 3 is 2.65 bits per heavy atom. The van der Waals surface area contributed by atoms with E-state index < -0.39 is 0 Å². The normalized spacial score (nSPS) is 9.58. The van der Waals surface area contributed by atoms with Gasteiger partial charge in [0.05, 0.1) is 6.54 Å². The summed E-state index contributed by atoms with van der Waals surface area (Å²) in [7, 11) is 0. The molecule has 4 nitrogen and oxygen atoms in total. The molecule has 0 aliphatic heterocycles. The van der Waals surface area contributed by atoms with E-state index in [2.05, 4.69) is 23.7 Å². The Kier molecular flexibility index (Phi) is 8.11. The lowest BCUT2D eigenvalue weighted by Gasteiger charge is -2.07. The average Bonchev–Trinajstić information content (AvgIpc) is 2.65. The number of allylic oxidation sites excluding steroid dienone is 1. The van der Waals surface area contributed by atoms with Crippen molar-refractivity contribution >= 4 is 17.5 Å². The number of rotatable bonds is 8. The highest BCUT2D eigenvalue weighted by atomic mass is 35.5. The van der Waals surface area contributed by atoms with Gasteiger partial charge in [-0.15, -0.1) is 6.58 Å². The first-order valence-electron chi connectivity index (χ1n) is 8.11. The van der Waals surface area contributed by atoms with Crippen LogP contribution in [0.5, 0.6) is 11.5 Å². The van der Waals surface area contributed by atoms with Crippen LogP contribution in [-0.4, -0.2) is 25.7 Å². The van der Waals surface area contributed by atoms with Crippen LogP contribution in [0.3, 0.4) is 0 Å². The molecule has 5 heteroatoms. The lowest BCUT2D eigenvalue weighted by atomic mass is 10.1. The van der Waals surface area contributed by atoms with E-state index in [0.717, 1.165) is 17.7 Å². The van der Waals surface area contributed by atoms with Crippen LogP contribution in [0.2, 0.25) is 5.02 Å². The van der Waals surface area contributed by atoms with Gasteiger partial charge < -0.3 is 14.8 Å². The second kappa shape index (κ2) is 10.9. The minimum Gasteiger partial charge on any atom is -0.484 e. The molecule has 0 atom stereocenters. The van der Waals surface area contributed by atoms with Crippen molar-refractivity contribution in [3.05, 3.63) is 71.8 Å². The monoisotopic (exact) mass is 369 g/mol. The molecule has 1 N–H and O–H groups in total. The number of ether oxygens (including phenoxy) is 2. The van der Waals surface area contributed by atoms with Crippen molar-refractivity contribution in [2.75, 3.05) is 19.8 Å².